The molecule has 0 saturated carbocycles. The lowest BCUT2D eigenvalue weighted by molar-refractivity contribution is -0.143. The van der Waals surface area contributed by atoms with Crippen molar-refractivity contribution in [3.63, 3.8) is 0 Å². The Morgan fingerprint density at radius 1 is 1.71 bits per heavy atom. The SMILES string of the molecule is C#CC[C@@H]1C[C@H](n2cccc2C(C)=O)C(=O)O1. The van der Waals surface area contributed by atoms with Crippen molar-refractivity contribution in [3.8, 4) is 12.3 Å². The highest BCUT2D eigenvalue weighted by Gasteiger charge is 2.36. The van der Waals surface area contributed by atoms with Crippen LogP contribution in [0, 0.1) is 12.3 Å². The third-order valence-electron chi connectivity index (χ3n) is 2.86. The summed E-state index contributed by atoms with van der Waals surface area (Å²) in [5, 5.41) is 0. The number of terminal acetylenes is 1. The molecule has 17 heavy (non-hydrogen) atoms. The van der Waals surface area contributed by atoms with Crippen LogP contribution in [0.5, 0.6) is 0 Å². The standard InChI is InChI=1S/C13H13NO3/c1-3-5-10-8-12(13(16)17-10)14-7-4-6-11(14)9(2)15/h1,4,6-7,10,12H,5,8H2,2H3/t10-,12+/m1/s1. The predicted octanol–water partition coefficient (Wildman–Crippen LogP) is 1.57. The molecule has 1 fully saturated rings. The molecule has 0 N–H and O–H groups in total. The number of esters is 1. The second-order valence-corrected chi connectivity index (χ2v) is 4.08. The van der Waals surface area contributed by atoms with Crippen molar-refractivity contribution in [3.05, 3.63) is 24.0 Å². The second-order valence-electron chi connectivity index (χ2n) is 4.08. The minimum absolute atomic E-state index is 0.0665. The fourth-order valence-corrected chi connectivity index (χ4v) is 2.08. The molecule has 2 heterocycles. The number of ketones is 1. The van der Waals surface area contributed by atoms with E-state index in [1.807, 2.05) is 0 Å². The van der Waals surface area contributed by atoms with E-state index in [9.17, 15) is 9.59 Å². The molecule has 4 heteroatoms. The topological polar surface area (TPSA) is 48.3 Å². The molecular formula is C13H13NO3. The van der Waals surface area contributed by atoms with Crippen LogP contribution in [0.25, 0.3) is 0 Å². The zero-order valence-corrected chi connectivity index (χ0v) is 9.55. The number of Topliss-reactive ketones (excluding diaryl/α,β-unsaturated/α-hetero) is 1. The Morgan fingerprint density at radius 3 is 3.12 bits per heavy atom. The fraction of sp³-hybridized carbons (Fsp3) is 0.385. The Bertz CT molecular complexity index is 495. The Morgan fingerprint density at radius 2 is 2.47 bits per heavy atom. The first-order chi connectivity index (χ1) is 8.13. The molecule has 1 aliphatic heterocycles. The van der Waals surface area contributed by atoms with Gasteiger partial charge in [0.15, 0.2) is 5.78 Å². The van der Waals surface area contributed by atoms with Gasteiger partial charge in [-0.2, -0.15) is 0 Å². The van der Waals surface area contributed by atoms with E-state index in [0.29, 0.717) is 18.5 Å². The Hall–Kier alpha value is -2.02. The number of ether oxygens (including phenoxy) is 1. The summed E-state index contributed by atoms with van der Waals surface area (Å²) < 4.78 is 6.83. The zero-order chi connectivity index (χ0) is 12.4. The van der Waals surface area contributed by atoms with E-state index < -0.39 is 6.04 Å². The molecule has 2 rings (SSSR count). The van der Waals surface area contributed by atoms with Gasteiger partial charge in [-0.15, -0.1) is 12.3 Å². The molecule has 1 aliphatic rings. The van der Waals surface area contributed by atoms with Gasteiger partial charge < -0.3 is 9.30 Å². The quantitative estimate of drug-likeness (QED) is 0.450. The molecule has 0 unspecified atom stereocenters. The van der Waals surface area contributed by atoms with E-state index >= 15 is 0 Å². The maximum Gasteiger partial charge on any atom is 0.329 e. The average Bonchev–Trinajstić information content (AvgIpc) is 2.84. The van der Waals surface area contributed by atoms with Gasteiger partial charge in [0, 0.05) is 26.0 Å². The minimum Gasteiger partial charge on any atom is -0.460 e. The number of nitrogens with zero attached hydrogens (tertiary/aromatic N) is 1. The van der Waals surface area contributed by atoms with Crippen molar-refractivity contribution in [1.29, 1.82) is 0 Å². The van der Waals surface area contributed by atoms with Crippen LogP contribution in [0.15, 0.2) is 18.3 Å². The van der Waals surface area contributed by atoms with Gasteiger partial charge in [-0.3, -0.25) is 4.79 Å². The van der Waals surface area contributed by atoms with E-state index in [4.69, 9.17) is 11.2 Å². The summed E-state index contributed by atoms with van der Waals surface area (Å²) in [6.45, 7) is 1.48. The van der Waals surface area contributed by atoms with Gasteiger partial charge in [-0.05, 0) is 12.1 Å². The van der Waals surface area contributed by atoms with Gasteiger partial charge in [0.25, 0.3) is 0 Å². The molecule has 0 spiro atoms. The molecular weight excluding hydrogens is 218 g/mol. The smallest absolute Gasteiger partial charge is 0.329 e. The van der Waals surface area contributed by atoms with E-state index in [2.05, 4.69) is 5.92 Å². The summed E-state index contributed by atoms with van der Waals surface area (Å²) in [4.78, 5) is 23.1. The van der Waals surface area contributed by atoms with E-state index in [-0.39, 0.29) is 17.9 Å². The van der Waals surface area contributed by atoms with Gasteiger partial charge in [0.05, 0.1) is 5.69 Å². The van der Waals surface area contributed by atoms with Gasteiger partial charge in [0.1, 0.15) is 12.1 Å². The van der Waals surface area contributed by atoms with Crippen LogP contribution >= 0.6 is 0 Å². The molecule has 0 aliphatic carbocycles. The van der Waals surface area contributed by atoms with E-state index in [1.165, 1.54) is 6.92 Å². The van der Waals surface area contributed by atoms with Crippen LogP contribution in [-0.4, -0.2) is 22.4 Å². The van der Waals surface area contributed by atoms with Crippen molar-refractivity contribution in [1.82, 2.24) is 4.57 Å². The predicted molar refractivity (Wildman–Crippen MR) is 61.4 cm³/mol. The maximum absolute atomic E-state index is 11.7. The van der Waals surface area contributed by atoms with Gasteiger partial charge in [-0.1, -0.05) is 0 Å². The molecule has 0 radical (unpaired) electrons. The highest BCUT2D eigenvalue weighted by Crippen LogP contribution is 2.29. The molecule has 1 aromatic heterocycles. The van der Waals surface area contributed by atoms with E-state index in [1.54, 1.807) is 22.9 Å². The molecule has 0 bridgehead atoms. The van der Waals surface area contributed by atoms with Crippen molar-refractivity contribution >= 4 is 11.8 Å². The molecule has 88 valence electrons. The first kappa shape index (κ1) is 11.5. The van der Waals surface area contributed by atoms with Crippen molar-refractivity contribution < 1.29 is 14.3 Å². The summed E-state index contributed by atoms with van der Waals surface area (Å²) in [7, 11) is 0. The van der Waals surface area contributed by atoms with Gasteiger partial charge >= 0.3 is 5.97 Å². The van der Waals surface area contributed by atoms with Crippen molar-refractivity contribution in [2.45, 2.75) is 31.9 Å². The summed E-state index contributed by atoms with van der Waals surface area (Å²) in [5.74, 6) is 2.10. The zero-order valence-electron chi connectivity index (χ0n) is 9.55. The molecule has 0 aromatic carbocycles. The van der Waals surface area contributed by atoms with Crippen LogP contribution in [0.1, 0.15) is 36.3 Å². The fourth-order valence-electron chi connectivity index (χ4n) is 2.08. The van der Waals surface area contributed by atoms with E-state index in [0.717, 1.165) is 0 Å². The molecule has 1 aromatic rings. The van der Waals surface area contributed by atoms with Crippen molar-refractivity contribution in [2.24, 2.45) is 0 Å². The second kappa shape index (κ2) is 4.46. The van der Waals surface area contributed by atoms with Crippen LogP contribution in [0.3, 0.4) is 0 Å². The third-order valence-corrected chi connectivity index (χ3v) is 2.86. The van der Waals surface area contributed by atoms with Crippen LogP contribution in [-0.2, 0) is 9.53 Å². The highest BCUT2D eigenvalue weighted by atomic mass is 16.6. The summed E-state index contributed by atoms with van der Waals surface area (Å²) in [5.41, 5.74) is 0.522. The Labute approximate surface area is 99.6 Å². The highest BCUT2D eigenvalue weighted by molar-refractivity contribution is 5.93. The Balaban J connectivity index is 2.24. The van der Waals surface area contributed by atoms with Crippen LogP contribution in [0.2, 0.25) is 0 Å². The number of aromatic nitrogens is 1. The average molecular weight is 231 g/mol. The lowest BCUT2D eigenvalue weighted by Gasteiger charge is -2.11. The first-order valence-corrected chi connectivity index (χ1v) is 5.45. The molecule has 4 nitrogen and oxygen atoms in total. The third kappa shape index (κ3) is 2.09. The summed E-state index contributed by atoms with van der Waals surface area (Å²) >= 11 is 0. The lowest BCUT2D eigenvalue weighted by Crippen LogP contribution is -2.17. The van der Waals surface area contributed by atoms with Gasteiger partial charge in [-0.25, -0.2) is 4.79 Å². The number of hydrogen-bond acceptors (Lipinski definition) is 3. The molecule has 0 amide bonds. The molecule has 1 saturated heterocycles. The number of rotatable bonds is 3. The number of carbonyl (C=O) groups excluding carboxylic acids is 2. The number of carbonyl (C=O) groups is 2. The maximum atomic E-state index is 11.7. The Kier molecular flexibility index (Phi) is 3.01. The molecule has 2 atom stereocenters. The number of hydrogen-bond donors (Lipinski definition) is 0. The van der Waals surface area contributed by atoms with Crippen LogP contribution in [0.4, 0.5) is 0 Å². The van der Waals surface area contributed by atoms with Crippen LogP contribution < -0.4 is 0 Å². The van der Waals surface area contributed by atoms with Crippen molar-refractivity contribution in [2.75, 3.05) is 0 Å². The number of cyclic esters (lactones) is 1. The lowest BCUT2D eigenvalue weighted by atomic mass is 10.1. The van der Waals surface area contributed by atoms with Gasteiger partial charge in [0.2, 0.25) is 0 Å². The normalized spacial score (nSPS) is 23.2. The summed E-state index contributed by atoms with van der Waals surface area (Å²) in [6.07, 6.45) is 7.62. The first-order valence-electron chi connectivity index (χ1n) is 5.45. The monoisotopic (exact) mass is 231 g/mol. The largest absolute Gasteiger partial charge is 0.460 e. The minimum atomic E-state index is -0.428. The summed E-state index contributed by atoms with van der Waals surface area (Å²) in [6, 6.07) is 3.02.